The zero-order valence-electron chi connectivity index (χ0n) is 10.1. The molecule has 2 rings (SSSR count). The van der Waals surface area contributed by atoms with Gasteiger partial charge in [0.1, 0.15) is 0 Å². The van der Waals surface area contributed by atoms with Crippen molar-refractivity contribution in [3.63, 3.8) is 0 Å². The third-order valence-electron chi connectivity index (χ3n) is 4.17. The minimum absolute atomic E-state index is 0.628. The number of hydrogen-bond donors (Lipinski definition) is 2. The van der Waals surface area contributed by atoms with Gasteiger partial charge in [-0.1, -0.05) is 19.3 Å². The van der Waals surface area contributed by atoms with Gasteiger partial charge >= 0.3 is 0 Å². The van der Waals surface area contributed by atoms with Crippen molar-refractivity contribution >= 4 is 0 Å². The fourth-order valence-electron chi connectivity index (χ4n) is 2.90. The van der Waals surface area contributed by atoms with Gasteiger partial charge in [0.05, 0.1) is 0 Å². The number of hydrogen-bond acceptors (Lipinski definition) is 2. The van der Waals surface area contributed by atoms with Crippen LogP contribution in [0.25, 0.3) is 0 Å². The predicted molar refractivity (Wildman–Crippen MR) is 65.0 cm³/mol. The van der Waals surface area contributed by atoms with Crippen LogP contribution in [0.4, 0.5) is 0 Å². The molecule has 2 nitrogen and oxygen atoms in total. The van der Waals surface area contributed by atoms with E-state index < -0.39 is 0 Å². The van der Waals surface area contributed by atoms with Crippen LogP contribution < -0.4 is 10.6 Å². The molecule has 0 saturated heterocycles. The maximum absolute atomic E-state index is 3.70. The molecule has 2 N–H and O–H groups in total. The molecular weight excluding hydrogens is 184 g/mol. The molecule has 0 atom stereocenters. The average molecular weight is 210 g/mol. The molecule has 0 aromatic rings. The first-order chi connectivity index (χ1) is 7.35. The highest BCUT2D eigenvalue weighted by Crippen LogP contribution is 2.44. The van der Waals surface area contributed by atoms with E-state index in [2.05, 4.69) is 17.7 Å². The van der Waals surface area contributed by atoms with Crippen molar-refractivity contribution in [3.8, 4) is 0 Å². The van der Waals surface area contributed by atoms with Crippen LogP contribution >= 0.6 is 0 Å². The SMILES string of the molecule is CNCC1(CNCC2CCCCC2)CC1. The quantitative estimate of drug-likeness (QED) is 0.702. The Labute approximate surface area is 94.2 Å². The molecular formula is C13H26N2. The Kier molecular flexibility index (Phi) is 4.04. The summed E-state index contributed by atoms with van der Waals surface area (Å²) < 4.78 is 0. The first kappa shape index (κ1) is 11.4. The van der Waals surface area contributed by atoms with E-state index in [1.807, 2.05) is 0 Å². The minimum atomic E-state index is 0.628. The van der Waals surface area contributed by atoms with Crippen LogP contribution in [0.3, 0.4) is 0 Å². The summed E-state index contributed by atoms with van der Waals surface area (Å²) >= 11 is 0. The molecule has 0 bridgehead atoms. The lowest BCUT2D eigenvalue weighted by Crippen LogP contribution is -2.34. The molecule has 15 heavy (non-hydrogen) atoms. The third kappa shape index (κ3) is 3.46. The summed E-state index contributed by atoms with van der Waals surface area (Å²) in [7, 11) is 2.07. The van der Waals surface area contributed by atoms with Crippen LogP contribution in [0.5, 0.6) is 0 Å². The molecule has 2 aliphatic carbocycles. The molecule has 0 heterocycles. The van der Waals surface area contributed by atoms with E-state index in [4.69, 9.17) is 0 Å². The Hall–Kier alpha value is -0.0800. The standard InChI is InChI=1S/C13H26N2/c1-14-10-13(7-8-13)11-15-9-12-5-3-2-4-6-12/h12,14-15H,2-11H2,1H3. The fraction of sp³-hybridized carbons (Fsp3) is 1.00. The van der Waals surface area contributed by atoms with Crippen molar-refractivity contribution in [2.24, 2.45) is 11.3 Å². The normalized spacial score (nSPS) is 25.4. The van der Waals surface area contributed by atoms with Crippen LogP contribution in [-0.2, 0) is 0 Å². The van der Waals surface area contributed by atoms with Gasteiger partial charge in [-0.3, -0.25) is 0 Å². The van der Waals surface area contributed by atoms with E-state index in [1.165, 1.54) is 64.6 Å². The van der Waals surface area contributed by atoms with Crippen molar-refractivity contribution in [2.75, 3.05) is 26.7 Å². The summed E-state index contributed by atoms with van der Waals surface area (Å²) in [5.74, 6) is 0.976. The zero-order chi connectivity index (χ0) is 10.6. The lowest BCUT2D eigenvalue weighted by molar-refractivity contribution is 0.326. The zero-order valence-corrected chi connectivity index (χ0v) is 10.1. The molecule has 0 spiro atoms. The Morgan fingerprint density at radius 1 is 1.07 bits per heavy atom. The van der Waals surface area contributed by atoms with Crippen LogP contribution in [0, 0.1) is 11.3 Å². The Balaban J connectivity index is 1.58. The van der Waals surface area contributed by atoms with Crippen LogP contribution in [0.1, 0.15) is 44.9 Å². The highest BCUT2D eigenvalue weighted by Gasteiger charge is 2.41. The monoisotopic (exact) mass is 210 g/mol. The van der Waals surface area contributed by atoms with Crippen LogP contribution in [0.15, 0.2) is 0 Å². The second kappa shape index (κ2) is 5.31. The van der Waals surface area contributed by atoms with Crippen molar-refractivity contribution in [1.29, 1.82) is 0 Å². The summed E-state index contributed by atoms with van der Waals surface area (Å²) in [5.41, 5.74) is 0.628. The molecule has 0 radical (unpaired) electrons. The van der Waals surface area contributed by atoms with Crippen LogP contribution in [0.2, 0.25) is 0 Å². The summed E-state index contributed by atoms with van der Waals surface area (Å²) in [6.07, 6.45) is 10.2. The predicted octanol–water partition coefficient (Wildman–Crippen LogP) is 2.16. The molecule has 0 aliphatic heterocycles. The van der Waals surface area contributed by atoms with Crippen LogP contribution in [-0.4, -0.2) is 26.7 Å². The Bertz CT molecular complexity index is 181. The summed E-state index contributed by atoms with van der Waals surface area (Å²) in [5, 5.41) is 7.02. The lowest BCUT2D eigenvalue weighted by atomic mass is 9.89. The largest absolute Gasteiger partial charge is 0.319 e. The summed E-state index contributed by atoms with van der Waals surface area (Å²) in [6.45, 7) is 3.71. The molecule has 2 fully saturated rings. The van der Waals surface area contributed by atoms with Gasteiger partial charge in [-0.05, 0) is 50.6 Å². The van der Waals surface area contributed by atoms with E-state index in [9.17, 15) is 0 Å². The lowest BCUT2D eigenvalue weighted by Gasteiger charge is -2.23. The topological polar surface area (TPSA) is 24.1 Å². The van der Waals surface area contributed by atoms with Gasteiger partial charge in [-0.2, -0.15) is 0 Å². The Morgan fingerprint density at radius 2 is 1.80 bits per heavy atom. The molecule has 0 aromatic heterocycles. The molecule has 2 aliphatic rings. The summed E-state index contributed by atoms with van der Waals surface area (Å²) in [4.78, 5) is 0. The molecule has 0 aromatic carbocycles. The average Bonchev–Trinajstić information content (AvgIpc) is 3.00. The smallest absolute Gasteiger partial charge is 0.00201 e. The second-order valence-electron chi connectivity index (χ2n) is 5.67. The highest BCUT2D eigenvalue weighted by molar-refractivity contribution is 4.96. The number of rotatable bonds is 6. The Morgan fingerprint density at radius 3 is 2.40 bits per heavy atom. The van der Waals surface area contributed by atoms with Gasteiger partial charge in [0.15, 0.2) is 0 Å². The van der Waals surface area contributed by atoms with Gasteiger partial charge in [-0.15, -0.1) is 0 Å². The maximum Gasteiger partial charge on any atom is 0.00201 e. The van der Waals surface area contributed by atoms with Crippen molar-refractivity contribution in [3.05, 3.63) is 0 Å². The molecule has 88 valence electrons. The van der Waals surface area contributed by atoms with Gasteiger partial charge in [-0.25, -0.2) is 0 Å². The van der Waals surface area contributed by atoms with E-state index >= 15 is 0 Å². The number of nitrogens with one attached hydrogen (secondary N) is 2. The van der Waals surface area contributed by atoms with E-state index in [1.54, 1.807) is 0 Å². The van der Waals surface area contributed by atoms with E-state index in [0.29, 0.717) is 5.41 Å². The minimum Gasteiger partial charge on any atom is -0.319 e. The van der Waals surface area contributed by atoms with Gasteiger partial charge in [0.2, 0.25) is 0 Å². The van der Waals surface area contributed by atoms with Gasteiger partial charge in [0, 0.05) is 13.1 Å². The molecule has 2 heteroatoms. The van der Waals surface area contributed by atoms with Crippen molar-refractivity contribution < 1.29 is 0 Å². The first-order valence-electron chi connectivity index (χ1n) is 6.70. The molecule has 0 amide bonds. The molecule has 2 saturated carbocycles. The highest BCUT2D eigenvalue weighted by atomic mass is 14.9. The van der Waals surface area contributed by atoms with Gasteiger partial charge in [0.25, 0.3) is 0 Å². The third-order valence-corrected chi connectivity index (χ3v) is 4.17. The summed E-state index contributed by atoms with van der Waals surface area (Å²) in [6, 6.07) is 0. The van der Waals surface area contributed by atoms with Crippen molar-refractivity contribution in [2.45, 2.75) is 44.9 Å². The fourth-order valence-corrected chi connectivity index (χ4v) is 2.90. The first-order valence-corrected chi connectivity index (χ1v) is 6.70. The van der Waals surface area contributed by atoms with E-state index in [-0.39, 0.29) is 0 Å². The molecule has 0 unspecified atom stereocenters. The van der Waals surface area contributed by atoms with Crippen molar-refractivity contribution in [1.82, 2.24) is 10.6 Å². The maximum atomic E-state index is 3.70. The van der Waals surface area contributed by atoms with Gasteiger partial charge < -0.3 is 10.6 Å². The second-order valence-corrected chi connectivity index (χ2v) is 5.67. The van der Waals surface area contributed by atoms with E-state index in [0.717, 1.165) is 5.92 Å².